The number of carbonyl (C=O) groups is 1. The van der Waals surface area contributed by atoms with E-state index in [1.165, 1.54) is 5.56 Å². The summed E-state index contributed by atoms with van der Waals surface area (Å²) in [6.45, 7) is 2.45. The normalized spacial score (nSPS) is 10.6. The Hall–Kier alpha value is -3.07. The van der Waals surface area contributed by atoms with Crippen LogP contribution in [0.25, 0.3) is 0 Å². The monoisotopic (exact) mass is 360 g/mol. The van der Waals surface area contributed by atoms with Crippen molar-refractivity contribution >= 4 is 5.97 Å². The van der Waals surface area contributed by atoms with E-state index in [0.717, 1.165) is 41.7 Å². The number of hydrogen-bond donors (Lipinski definition) is 1. The van der Waals surface area contributed by atoms with E-state index in [0.29, 0.717) is 12.2 Å². The van der Waals surface area contributed by atoms with Crippen molar-refractivity contribution in [3.8, 4) is 5.75 Å². The molecule has 0 saturated heterocycles. The first-order chi connectivity index (χ1) is 13.1. The third kappa shape index (κ3) is 5.20. The summed E-state index contributed by atoms with van der Waals surface area (Å²) in [5.74, 6) is 0.0121. The molecule has 0 aromatic heterocycles. The number of ether oxygens (including phenoxy) is 1. The van der Waals surface area contributed by atoms with Gasteiger partial charge in [0.15, 0.2) is 0 Å². The van der Waals surface area contributed by atoms with Gasteiger partial charge in [0.2, 0.25) is 0 Å². The van der Waals surface area contributed by atoms with Crippen LogP contribution in [0.3, 0.4) is 0 Å². The average molecular weight is 360 g/mol. The smallest absolute Gasteiger partial charge is 0.335 e. The van der Waals surface area contributed by atoms with Gasteiger partial charge in [-0.1, -0.05) is 54.6 Å². The van der Waals surface area contributed by atoms with Gasteiger partial charge in [0.05, 0.1) is 5.56 Å². The average Bonchev–Trinajstić information content (AvgIpc) is 2.69. The van der Waals surface area contributed by atoms with Crippen molar-refractivity contribution in [1.82, 2.24) is 0 Å². The Morgan fingerprint density at radius 1 is 0.889 bits per heavy atom. The zero-order chi connectivity index (χ0) is 19.1. The summed E-state index contributed by atoms with van der Waals surface area (Å²) in [7, 11) is 0. The summed E-state index contributed by atoms with van der Waals surface area (Å²) in [5.41, 5.74) is 4.74. The SMILES string of the molecule is Cc1c(CCCc2cccc(OCc3ccccc3)c2)cccc1C(=O)O. The molecule has 0 saturated carbocycles. The van der Waals surface area contributed by atoms with Gasteiger partial charge in [0, 0.05) is 0 Å². The number of hydrogen-bond acceptors (Lipinski definition) is 2. The molecule has 0 radical (unpaired) electrons. The Bertz CT molecular complexity index is 901. The van der Waals surface area contributed by atoms with Crippen LogP contribution in [0.2, 0.25) is 0 Å². The van der Waals surface area contributed by atoms with E-state index in [9.17, 15) is 9.90 Å². The van der Waals surface area contributed by atoms with Gasteiger partial charge in [0.1, 0.15) is 12.4 Å². The summed E-state index contributed by atoms with van der Waals surface area (Å²) >= 11 is 0. The van der Waals surface area contributed by atoms with Crippen molar-refractivity contribution in [2.75, 3.05) is 0 Å². The number of aryl methyl sites for hydroxylation is 2. The highest BCUT2D eigenvalue weighted by Crippen LogP contribution is 2.19. The minimum absolute atomic E-state index is 0.392. The van der Waals surface area contributed by atoms with Crippen LogP contribution in [-0.4, -0.2) is 11.1 Å². The van der Waals surface area contributed by atoms with Gasteiger partial charge >= 0.3 is 5.97 Å². The molecule has 0 amide bonds. The number of aromatic carboxylic acids is 1. The van der Waals surface area contributed by atoms with E-state index in [2.05, 4.69) is 24.3 Å². The molecule has 3 nitrogen and oxygen atoms in total. The van der Waals surface area contributed by atoms with Gasteiger partial charge in [-0.15, -0.1) is 0 Å². The highest BCUT2D eigenvalue weighted by atomic mass is 16.5. The lowest BCUT2D eigenvalue weighted by Gasteiger charge is -2.10. The topological polar surface area (TPSA) is 46.5 Å². The third-order valence-corrected chi connectivity index (χ3v) is 4.73. The molecule has 3 aromatic carbocycles. The highest BCUT2D eigenvalue weighted by molar-refractivity contribution is 5.89. The van der Waals surface area contributed by atoms with Crippen LogP contribution in [0.15, 0.2) is 72.8 Å². The number of rotatable bonds is 8. The van der Waals surface area contributed by atoms with Crippen LogP contribution in [-0.2, 0) is 19.4 Å². The summed E-state index contributed by atoms with van der Waals surface area (Å²) in [4.78, 5) is 11.3. The first kappa shape index (κ1) is 18.7. The molecule has 0 aliphatic heterocycles. The largest absolute Gasteiger partial charge is 0.489 e. The summed E-state index contributed by atoms with van der Waals surface area (Å²) in [6, 6.07) is 23.8. The van der Waals surface area contributed by atoms with Crippen LogP contribution in [0.5, 0.6) is 5.75 Å². The maximum absolute atomic E-state index is 11.3. The summed E-state index contributed by atoms with van der Waals surface area (Å²) in [6.07, 6.45) is 2.76. The predicted molar refractivity (Wildman–Crippen MR) is 107 cm³/mol. The van der Waals surface area contributed by atoms with Gasteiger partial charge in [-0.2, -0.15) is 0 Å². The van der Waals surface area contributed by atoms with Gasteiger partial charge in [-0.05, 0) is 66.6 Å². The van der Waals surface area contributed by atoms with E-state index >= 15 is 0 Å². The fourth-order valence-corrected chi connectivity index (χ4v) is 3.20. The number of benzene rings is 3. The van der Waals surface area contributed by atoms with E-state index in [1.807, 2.05) is 49.4 Å². The summed E-state index contributed by atoms with van der Waals surface area (Å²) in [5, 5.41) is 9.24. The van der Waals surface area contributed by atoms with Crippen molar-refractivity contribution in [2.45, 2.75) is 32.8 Å². The molecule has 0 aliphatic rings. The van der Waals surface area contributed by atoms with Crippen molar-refractivity contribution in [3.05, 3.63) is 101 Å². The predicted octanol–water partition coefficient (Wildman–Crippen LogP) is 5.45. The van der Waals surface area contributed by atoms with Gasteiger partial charge in [-0.25, -0.2) is 4.79 Å². The number of carboxylic acids is 1. The molecular formula is C24H24O3. The molecule has 0 fully saturated rings. The van der Waals surface area contributed by atoms with Crippen molar-refractivity contribution in [2.24, 2.45) is 0 Å². The van der Waals surface area contributed by atoms with Crippen LogP contribution >= 0.6 is 0 Å². The molecule has 27 heavy (non-hydrogen) atoms. The molecule has 1 N–H and O–H groups in total. The van der Waals surface area contributed by atoms with Gasteiger partial charge in [0.25, 0.3) is 0 Å². The second-order valence-corrected chi connectivity index (χ2v) is 6.67. The lowest BCUT2D eigenvalue weighted by Crippen LogP contribution is -2.03. The zero-order valence-corrected chi connectivity index (χ0v) is 15.5. The molecule has 3 heteroatoms. The Morgan fingerprint density at radius 3 is 2.41 bits per heavy atom. The molecule has 0 aliphatic carbocycles. The summed E-state index contributed by atoms with van der Waals surface area (Å²) < 4.78 is 5.89. The molecular weight excluding hydrogens is 336 g/mol. The van der Waals surface area contributed by atoms with E-state index in [-0.39, 0.29) is 0 Å². The van der Waals surface area contributed by atoms with E-state index < -0.39 is 5.97 Å². The molecule has 3 aromatic rings. The van der Waals surface area contributed by atoms with E-state index in [1.54, 1.807) is 6.07 Å². The Balaban J connectivity index is 1.56. The molecule has 0 atom stereocenters. The lowest BCUT2D eigenvalue weighted by atomic mass is 9.97. The third-order valence-electron chi connectivity index (χ3n) is 4.73. The first-order valence-electron chi connectivity index (χ1n) is 9.21. The number of carboxylic acid groups (broad SMARTS) is 1. The van der Waals surface area contributed by atoms with Gasteiger partial charge < -0.3 is 9.84 Å². The first-order valence-corrected chi connectivity index (χ1v) is 9.21. The van der Waals surface area contributed by atoms with Crippen LogP contribution in [0, 0.1) is 6.92 Å². The Kier molecular flexibility index (Phi) is 6.26. The second-order valence-electron chi connectivity index (χ2n) is 6.67. The maximum Gasteiger partial charge on any atom is 0.335 e. The second kappa shape index (κ2) is 9.04. The Morgan fingerprint density at radius 2 is 1.63 bits per heavy atom. The fourth-order valence-electron chi connectivity index (χ4n) is 3.20. The van der Waals surface area contributed by atoms with Crippen molar-refractivity contribution in [1.29, 1.82) is 0 Å². The van der Waals surface area contributed by atoms with Crippen LogP contribution < -0.4 is 4.74 Å². The maximum atomic E-state index is 11.3. The Labute approximate surface area is 160 Å². The van der Waals surface area contributed by atoms with Crippen LogP contribution in [0.1, 0.15) is 39.0 Å². The standard InChI is InChI=1S/C24H24O3/c1-18-21(13-7-15-23(18)24(25)26)12-5-10-19-11-6-14-22(16-19)27-17-20-8-3-2-4-9-20/h2-4,6-9,11,13-16H,5,10,12,17H2,1H3,(H,25,26). The molecule has 0 spiro atoms. The molecule has 3 rings (SSSR count). The molecule has 0 unspecified atom stereocenters. The minimum Gasteiger partial charge on any atom is -0.489 e. The quantitative estimate of drug-likeness (QED) is 0.581. The molecule has 0 bridgehead atoms. The van der Waals surface area contributed by atoms with E-state index in [4.69, 9.17) is 4.74 Å². The fraction of sp³-hybridized carbons (Fsp3) is 0.208. The molecule has 138 valence electrons. The molecule has 0 heterocycles. The lowest BCUT2D eigenvalue weighted by molar-refractivity contribution is 0.0696. The highest BCUT2D eigenvalue weighted by Gasteiger charge is 2.09. The van der Waals surface area contributed by atoms with Gasteiger partial charge in [-0.3, -0.25) is 0 Å². The zero-order valence-electron chi connectivity index (χ0n) is 15.5. The van der Waals surface area contributed by atoms with Crippen molar-refractivity contribution in [3.63, 3.8) is 0 Å². The van der Waals surface area contributed by atoms with Crippen LogP contribution in [0.4, 0.5) is 0 Å². The minimum atomic E-state index is -0.863. The van der Waals surface area contributed by atoms with Crippen molar-refractivity contribution < 1.29 is 14.6 Å².